The van der Waals surface area contributed by atoms with Gasteiger partial charge in [0.25, 0.3) is 0 Å². The molecule has 5 nitrogen and oxygen atoms in total. The SMILES string of the molecule is N[C@@H](CC(=O)OCc1ccccc1)C(=O)OCC(Cl)(Cl)Cl. The van der Waals surface area contributed by atoms with Crippen molar-refractivity contribution < 1.29 is 19.1 Å². The second-order valence-corrected chi connectivity index (χ2v) is 6.70. The molecule has 1 aromatic carbocycles. The summed E-state index contributed by atoms with van der Waals surface area (Å²) in [7, 11) is 0. The van der Waals surface area contributed by atoms with Crippen LogP contribution in [-0.2, 0) is 25.7 Å². The van der Waals surface area contributed by atoms with Crippen LogP contribution in [0.3, 0.4) is 0 Å². The zero-order chi connectivity index (χ0) is 15.9. The average molecular weight is 355 g/mol. The number of ether oxygens (including phenoxy) is 2. The van der Waals surface area contributed by atoms with Gasteiger partial charge < -0.3 is 15.2 Å². The molecular weight excluding hydrogens is 341 g/mol. The van der Waals surface area contributed by atoms with Crippen LogP contribution in [0.4, 0.5) is 0 Å². The van der Waals surface area contributed by atoms with E-state index in [0.717, 1.165) is 5.56 Å². The molecule has 0 fully saturated rings. The van der Waals surface area contributed by atoms with E-state index in [4.69, 9.17) is 45.3 Å². The van der Waals surface area contributed by atoms with E-state index in [1.165, 1.54) is 0 Å². The standard InChI is InChI=1S/C13H14Cl3NO4/c14-13(15,16)8-21-12(19)10(17)6-11(18)20-7-9-4-2-1-3-5-9/h1-5,10H,6-8,17H2/t10-/m0/s1. The highest BCUT2D eigenvalue weighted by Crippen LogP contribution is 2.26. The van der Waals surface area contributed by atoms with Crippen molar-refractivity contribution in [2.75, 3.05) is 6.61 Å². The number of rotatable bonds is 6. The molecule has 2 N–H and O–H groups in total. The van der Waals surface area contributed by atoms with Crippen LogP contribution >= 0.6 is 34.8 Å². The van der Waals surface area contributed by atoms with Gasteiger partial charge in [-0.2, -0.15) is 0 Å². The molecule has 1 atom stereocenters. The summed E-state index contributed by atoms with van der Waals surface area (Å²) >= 11 is 16.3. The second kappa shape index (κ2) is 8.44. The van der Waals surface area contributed by atoms with E-state index in [1.54, 1.807) is 0 Å². The van der Waals surface area contributed by atoms with E-state index in [2.05, 4.69) is 4.74 Å². The predicted octanol–water partition coefficient (Wildman–Crippen LogP) is 2.36. The monoisotopic (exact) mass is 353 g/mol. The lowest BCUT2D eigenvalue weighted by Crippen LogP contribution is -2.36. The molecule has 0 aliphatic heterocycles. The van der Waals surface area contributed by atoms with Gasteiger partial charge in [-0.05, 0) is 5.56 Å². The summed E-state index contributed by atoms with van der Waals surface area (Å²) in [5.41, 5.74) is 6.34. The Morgan fingerprint density at radius 1 is 1.14 bits per heavy atom. The molecule has 8 heteroatoms. The van der Waals surface area contributed by atoms with Crippen LogP contribution in [0.2, 0.25) is 0 Å². The van der Waals surface area contributed by atoms with Gasteiger partial charge in [0.1, 0.15) is 19.3 Å². The Morgan fingerprint density at radius 2 is 1.76 bits per heavy atom. The lowest BCUT2D eigenvalue weighted by atomic mass is 10.2. The first-order chi connectivity index (χ1) is 9.78. The minimum atomic E-state index is -1.72. The maximum absolute atomic E-state index is 11.5. The molecular formula is C13H14Cl3NO4. The predicted molar refractivity (Wildman–Crippen MR) is 80.1 cm³/mol. The van der Waals surface area contributed by atoms with Crippen LogP contribution < -0.4 is 5.73 Å². The largest absolute Gasteiger partial charge is 0.461 e. The van der Waals surface area contributed by atoms with Crippen molar-refractivity contribution in [3.8, 4) is 0 Å². The van der Waals surface area contributed by atoms with Crippen LogP contribution in [-0.4, -0.2) is 28.4 Å². The van der Waals surface area contributed by atoms with E-state index in [0.29, 0.717) is 0 Å². The number of nitrogens with two attached hydrogens (primary N) is 1. The van der Waals surface area contributed by atoms with Gasteiger partial charge in [0.2, 0.25) is 3.79 Å². The van der Waals surface area contributed by atoms with Gasteiger partial charge >= 0.3 is 11.9 Å². The summed E-state index contributed by atoms with van der Waals surface area (Å²) in [5, 5.41) is 0. The number of benzene rings is 1. The van der Waals surface area contributed by atoms with E-state index in [9.17, 15) is 9.59 Å². The number of alkyl halides is 3. The fourth-order valence-corrected chi connectivity index (χ4v) is 1.48. The minimum Gasteiger partial charge on any atom is -0.461 e. The molecule has 0 radical (unpaired) electrons. The molecule has 0 saturated carbocycles. The molecule has 1 aromatic rings. The third-order valence-electron chi connectivity index (χ3n) is 2.31. The summed E-state index contributed by atoms with van der Waals surface area (Å²) < 4.78 is 7.93. The Balaban J connectivity index is 2.31. The van der Waals surface area contributed by atoms with Crippen molar-refractivity contribution in [1.82, 2.24) is 0 Å². The summed E-state index contributed by atoms with van der Waals surface area (Å²) in [6.07, 6.45) is -0.314. The van der Waals surface area contributed by atoms with Gasteiger partial charge in [-0.25, -0.2) is 0 Å². The van der Waals surface area contributed by atoms with Gasteiger partial charge in [-0.15, -0.1) is 0 Å². The van der Waals surface area contributed by atoms with Crippen LogP contribution in [0.15, 0.2) is 30.3 Å². The lowest BCUT2D eigenvalue weighted by Gasteiger charge is -2.14. The van der Waals surface area contributed by atoms with Crippen LogP contribution in [0.1, 0.15) is 12.0 Å². The van der Waals surface area contributed by atoms with Gasteiger partial charge in [-0.3, -0.25) is 9.59 Å². The van der Waals surface area contributed by atoms with Crippen molar-refractivity contribution in [3.63, 3.8) is 0 Å². The average Bonchev–Trinajstić information content (AvgIpc) is 2.42. The molecule has 0 heterocycles. The summed E-state index contributed by atoms with van der Waals surface area (Å²) in [5.74, 6) is -1.45. The van der Waals surface area contributed by atoms with Gasteiger partial charge in [0.05, 0.1) is 6.42 Å². The number of esters is 2. The van der Waals surface area contributed by atoms with Crippen LogP contribution in [0, 0.1) is 0 Å². The second-order valence-electron chi connectivity index (χ2n) is 4.18. The number of carbonyl (C=O) groups excluding carboxylic acids is 2. The van der Waals surface area contributed by atoms with Crippen molar-refractivity contribution in [2.24, 2.45) is 5.73 Å². The first-order valence-corrected chi connectivity index (χ1v) is 7.10. The Labute approximate surface area is 137 Å². The first kappa shape index (κ1) is 18.0. The molecule has 1 rings (SSSR count). The molecule has 0 saturated heterocycles. The number of hydrogen-bond donors (Lipinski definition) is 1. The van der Waals surface area contributed by atoms with Gasteiger partial charge in [-0.1, -0.05) is 65.1 Å². The number of hydrogen-bond acceptors (Lipinski definition) is 5. The first-order valence-electron chi connectivity index (χ1n) is 5.96. The normalized spacial score (nSPS) is 12.6. The Bertz CT molecular complexity index is 476. The van der Waals surface area contributed by atoms with Crippen molar-refractivity contribution >= 4 is 46.7 Å². The molecule has 0 unspecified atom stereocenters. The molecule has 21 heavy (non-hydrogen) atoms. The minimum absolute atomic E-state index is 0.107. The quantitative estimate of drug-likeness (QED) is 0.627. The van der Waals surface area contributed by atoms with E-state index >= 15 is 0 Å². The zero-order valence-electron chi connectivity index (χ0n) is 10.9. The van der Waals surface area contributed by atoms with Crippen LogP contribution in [0.25, 0.3) is 0 Å². The third-order valence-corrected chi connectivity index (χ3v) is 2.64. The Hall–Kier alpha value is -1.01. The van der Waals surface area contributed by atoms with E-state index in [-0.39, 0.29) is 13.0 Å². The number of carbonyl (C=O) groups is 2. The molecule has 116 valence electrons. The van der Waals surface area contributed by atoms with Crippen molar-refractivity contribution in [3.05, 3.63) is 35.9 Å². The Morgan fingerprint density at radius 3 is 2.33 bits per heavy atom. The van der Waals surface area contributed by atoms with E-state index < -0.39 is 28.4 Å². The summed E-state index contributed by atoms with van der Waals surface area (Å²) in [4.78, 5) is 23.0. The molecule has 0 aliphatic carbocycles. The molecule has 0 spiro atoms. The maximum Gasteiger partial charge on any atom is 0.323 e. The van der Waals surface area contributed by atoms with Gasteiger partial charge in [0, 0.05) is 0 Å². The fourth-order valence-electron chi connectivity index (χ4n) is 1.32. The zero-order valence-corrected chi connectivity index (χ0v) is 13.2. The highest BCUT2D eigenvalue weighted by molar-refractivity contribution is 6.67. The molecule has 0 bridgehead atoms. The van der Waals surface area contributed by atoms with Crippen molar-refractivity contribution in [2.45, 2.75) is 22.9 Å². The van der Waals surface area contributed by atoms with Crippen LogP contribution in [0.5, 0.6) is 0 Å². The number of halogens is 3. The third kappa shape index (κ3) is 8.12. The Kier molecular flexibility index (Phi) is 7.25. The maximum atomic E-state index is 11.5. The fraction of sp³-hybridized carbons (Fsp3) is 0.385. The van der Waals surface area contributed by atoms with Crippen molar-refractivity contribution in [1.29, 1.82) is 0 Å². The van der Waals surface area contributed by atoms with Gasteiger partial charge in [0.15, 0.2) is 0 Å². The smallest absolute Gasteiger partial charge is 0.323 e. The highest BCUT2D eigenvalue weighted by atomic mass is 35.6. The van der Waals surface area contributed by atoms with E-state index in [1.807, 2.05) is 30.3 Å². The topological polar surface area (TPSA) is 78.6 Å². The lowest BCUT2D eigenvalue weighted by molar-refractivity contribution is -0.152. The summed E-state index contributed by atoms with van der Waals surface area (Å²) in [6, 6.07) is 7.94. The molecule has 0 aliphatic rings. The highest BCUT2D eigenvalue weighted by Gasteiger charge is 2.26. The molecule has 0 amide bonds. The molecule has 0 aromatic heterocycles. The summed E-state index contributed by atoms with van der Waals surface area (Å²) in [6.45, 7) is -0.334.